The van der Waals surface area contributed by atoms with Crippen molar-refractivity contribution in [3.8, 4) is 0 Å². The van der Waals surface area contributed by atoms with Crippen LogP contribution in [0.25, 0.3) is 11.2 Å². The van der Waals surface area contributed by atoms with Gasteiger partial charge in [-0.2, -0.15) is 0 Å². The molecule has 1 amide bonds. The molecule has 0 radical (unpaired) electrons. The lowest BCUT2D eigenvalue weighted by molar-refractivity contribution is -0.121. The van der Waals surface area contributed by atoms with E-state index in [0.717, 1.165) is 4.57 Å². The van der Waals surface area contributed by atoms with E-state index >= 15 is 0 Å². The van der Waals surface area contributed by atoms with E-state index in [1.807, 2.05) is 0 Å². The Morgan fingerprint density at radius 2 is 2.04 bits per heavy atom. The largest absolute Gasteiger partial charge is 0.352 e. The molecule has 0 aliphatic carbocycles. The minimum absolute atomic E-state index is 0.0877. The predicted molar refractivity (Wildman–Crippen MR) is 90.5 cm³/mol. The molecule has 2 rings (SSSR count). The molecule has 0 spiro atoms. The van der Waals surface area contributed by atoms with E-state index in [0.29, 0.717) is 41.6 Å². The van der Waals surface area contributed by atoms with E-state index in [9.17, 15) is 14.4 Å². The van der Waals surface area contributed by atoms with Gasteiger partial charge in [-0.1, -0.05) is 22.5 Å². The van der Waals surface area contributed by atoms with E-state index in [-0.39, 0.29) is 11.5 Å². The van der Waals surface area contributed by atoms with Crippen LogP contribution in [0.1, 0.15) is 12.8 Å². The average Bonchev–Trinajstić information content (AvgIpc) is 2.93. The van der Waals surface area contributed by atoms with Gasteiger partial charge in [0.2, 0.25) is 5.91 Å². The highest BCUT2D eigenvalue weighted by molar-refractivity contribution is 9.11. The second-order valence-electron chi connectivity index (χ2n) is 5.21. The van der Waals surface area contributed by atoms with Crippen molar-refractivity contribution in [2.45, 2.75) is 19.4 Å². The molecule has 2 aromatic rings. The van der Waals surface area contributed by atoms with Gasteiger partial charge < -0.3 is 9.88 Å². The lowest BCUT2D eigenvalue weighted by atomic mass is 10.3. The Balaban J connectivity index is 2.13. The van der Waals surface area contributed by atoms with Crippen LogP contribution in [0, 0.1) is 0 Å². The van der Waals surface area contributed by atoms with Gasteiger partial charge in [0.15, 0.2) is 11.2 Å². The number of halogens is 1. The van der Waals surface area contributed by atoms with Crippen LogP contribution in [-0.4, -0.2) is 31.1 Å². The number of nitrogens with one attached hydrogen (secondary N) is 1. The zero-order chi connectivity index (χ0) is 17.1. The Morgan fingerprint density at radius 1 is 1.35 bits per heavy atom. The van der Waals surface area contributed by atoms with Gasteiger partial charge in [0.25, 0.3) is 5.56 Å². The van der Waals surface area contributed by atoms with Gasteiger partial charge in [-0.15, -0.1) is 0 Å². The van der Waals surface area contributed by atoms with Gasteiger partial charge in [0.1, 0.15) is 0 Å². The van der Waals surface area contributed by atoms with Crippen molar-refractivity contribution in [3.63, 3.8) is 0 Å². The molecule has 23 heavy (non-hydrogen) atoms. The Kier molecular flexibility index (Phi) is 5.19. The van der Waals surface area contributed by atoms with Gasteiger partial charge >= 0.3 is 5.69 Å². The van der Waals surface area contributed by atoms with Crippen LogP contribution in [-0.2, 0) is 25.4 Å². The SMILES string of the molecule is C=C(Br)CNC(=O)CCCn1cnc2c1c(=O)n(C)c(=O)n2C. The fraction of sp³-hybridized carbons (Fsp3) is 0.429. The summed E-state index contributed by atoms with van der Waals surface area (Å²) in [6.07, 6.45) is 2.40. The first-order valence-electron chi connectivity index (χ1n) is 7.03. The molecule has 0 atom stereocenters. The van der Waals surface area contributed by atoms with Crippen molar-refractivity contribution < 1.29 is 4.79 Å². The van der Waals surface area contributed by atoms with E-state index in [1.165, 1.54) is 17.9 Å². The summed E-state index contributed by atoms with van der Waals surface area (Å²) in [5.74, 6) is -0.0877. The number of rotatable bonds is 6. The molecule has 8 nitrogen and oxygen atoms in total. The normalized spacial score (nSPS) is 10.9. The molecule has 2 aromatic heterocycles. The van der Waals surface area contributed by atoms with Crippen LogP contribution < -0.4 is 16.6 Å². The molecule has 9 heteroatoms. The lowest BCUT2D eigenvalue weighted by Gasteiger charge is -2.07. The summed E-state index contributed by atoms with van der Waals surface area (Å²) in [5.41, 5.74) is -0.0928. The summed E-state index contributed by atoms with van der Waals surface area (Å²) in [5, 5.41) is 2.71. The van der Waals surface area contributed by atoms with Crippen LogP contribution in [0.15, 0.2) is 27.0 Å². The first kappa shape index (κ1) is 17.2. The first-order valence-corrected chi connectivity index (χ1v) is 7.83. The van der Waals surface area contributed by atoms with Gasteiger partial charge in [-0.05, 0) is 6.42 Å². The standard InChI is InChI=1S/C14H18BrN5O3/c1-9(15)7-16-10(21)5-4-6-20-8-17-12-11(20)13(22)19(3)14(23)18(12)2/h8H,1,4-7H2,2-3H3,(H,16,21). The molecule has 0 saturated heterocycles. The van der Waals surface area contributed by atoms with Crippen molar-refractivity contribution in [2.24, 2.45) is 14.1 Å². The number of carbonyl (C=O) groups excluding carboxylic acids is 1. The van der Waals surface area contributed by atoms with E-state index in [1.54, 1.807) is 11.6 Å². The summed E-state index contributed by atoms with van der Waals surface area (Å²) in [6.45, 7) is 4.49. The first-order chi connectivity index (χ1) is 10.8. The van der Waals surface area contributed by atoms with Crippen molar-refractivity contribution in [1.29, 1.82) is 0 Å². The van der Waals surface area contributed by atoms with Crippen molar-refractivity contribution in [1.82, 2.24) is 24.0 Å². The summed E-state index contributed by atoms with van der Waals surface area (Å²) < 4.78 is 4.76. The number of hydrogen-bond acceptors (Lipinski definition) is 4. The fourth-order valence-electron chi connectivity index (χ4n) is 2.26. The molecule has 0 aromatic carbocycles. The highest BCUT2D eigenvalue weighted by Gasteiger charge is 2.14. The zero-order valence-corrected chi connectivity index (χ0v) is 14.6. The number of fused-ring (bicyclic) bond motifs is 1. The summed E-state index contributed by atoms with van der Waals surface area (Å²) in [7, 11) is 3.00. The third-order valence-corrected chi connectivity index (χ3v) is 3.78. The number of aromatic nitrogens is 4. The maximum absolute atomic E-state index is 12.3. The van der Waals surface area contributed by atoms with Crippen LogP contribution in [0.2, 0.25) is 0 Å². The number of amides is 1. The molecule has 0 aliphatic rings. The minimum atomic E-state index is -0.415. The van der Waals surface area contributed by atoms with Crippen molar-refractivity contribution in [2.75, 3.05) is 6.54 Å². The number of aryl methyl sites for hydroxylation is 2. The number of carbonyl (C=O) groups is 1. The maximum atomic E-state index is 12.3. The smallest absolute Gasteiger partial charge is 0.332 e. The van der Waals surface area contributed by atoms with Crippen LogP contribution >= 0.6 is 15.9 Å². The van der Waals surface area contributed by atoms with Crippen molar-refractivity contribution >= 4 is 33.0 Å². The Bertz CT molecular complexity index is 877. The highest BCUT2D eigenvalue weighted by atomic mass is 79.9. The van der Waals surface area contributed by atoms with E-state index in [4.69, 9.17) is 0 Å². The number of imidazole rings is 1. The molecule has 124 valence electrons. The Labute approximate surface area is 140 Å². The topological polar surface area (TPSA) is 90.9 Å². The summed E-state index contributed by atoms with van der Waals surface area (Å²) in [6, 6.07) is 0. The second kappa shape index (κ2) is 6.95. The molecule has 0 fully saturated rings. The van der Waals surface area contributed by atoms with Crippen molar-refractivity contribution in [3.05, 3.63) is 38.2 Å². The summed E-state index contributed by atoms with van der Waals surface area (Å²) >= 11 is 3.17. The minimum Gasteiger partial charge on any atom is -0.352 e. The molecule has 2 heterocycles. The molecule has 0 aliphatic heterocycles. The molecular weight excluding hydrogens is 366 g/mol. The Hall–Kier alpha value is -2.16. The van der Waals surface area contributed by atoms with Gasteiger partial charge in [-0.25, -0.2) is 9.78 Å². The van der Waals surface area contributed by atoms with Gasteiger partial charge in [0.05, 0.1) is 6.33 Å². The number of nitrogens with zero attached hydrogens (tertiary/aromatic N) is 4. The molecule has 0 unspecified atom stereocenters. The highest BCUT2D eigenvalue weighted by Crippen LogP contribution is 2.07. The van der Waals surface area contributed by atoms with E-state index < -0.39 is 5.69 Å². The molecule has 1 N–H and O–H groups in total. The number of hydrogen-bond donors (Lipinski definition) is 1. The molecule has 0 saturated carbocycles. The molecular formula is C14H18BrN5O3. The van der Waals surface area contributed by atoms with Gasteiger partial charge in [-0.3, -0.25) is 18.7 Å². The maximum Gasteiger partial charge on any atom is 0.332 e. The fourth-order valence-corrected chi connectivity index (χ4v) is 2.40. The third kappa shape index (κ3) is 3.61. The zero-order valence-electron chi connectivity index (χ0n) is 13.0. The monoisotopic (exact) mass is 383 g/mol. The molecule has 0 bridgehead atoms. The Morgan fingerprint density at radius 3 is 2.70 bits per heavy atom. The summed E-state index contributed by atoms with van der Waals surface area (Å²) in [4.78, 5) is 39.9. The van der Waals surface area contributed by atoms with Crippen LogP contribution in [0.3, 0.4) is 0 Å². The lowest BCUT2D eigenvalue weighted by Crippen LogP contribution is -2.37. The average molecular weight is 384 g/mol. The second-order valence-corrected chi connectivity index (χ2v) is 6.33. The van der Waals surface area contributed by atoms with Gasteiger partial charge in [0, 0.05) is 38.1 Å². The quantitative estimate of drug-likeness (QED) is 0.773. The van der Waals surface area contributed by atoms with Crippen LogP contribution in [0.5, 0.6) is 0 Å². The van der Waals surface area contributed by atoms with Crippen LogP contribution in [0.4, 0.5) is 0 Å². The third-order valence-electron chi connectivity index (χ3n) is 3.50. The predicted octanol–water partition coefficient (Wildman–Crippen LogP) is 0.239. The van der Waals surface area contributed by atoms with E-state index in [2.05, 4.69) is 32.8 Å².